The number of fused-ring (bicyclic) bond motifs is 2. The number of carbonyl (C=O) groups excluding carboxylic acids is 1. The Morgan fingerprint density at radius 3 is 2.65 bits per heavy atom. The van der Waals surface area contributed by atoms with Crippen molar-refractivity contribution in [2.45, 2.75) is 18.8 Å². The van der Waals surface area contributed by atoms with Gasteiger partial charge in [-0.2, -0.15) is 0 Å². The summed E-state index contributed by atoms with van der Waals surface area (Å²) in [5, 5.41) is 9.00. The Morgan fingerprint density at radius 2 is 2.00 bits per heavy atom. The average Bonchev–Trinajstić information content (AvgIpc) is 2.42. The van der Waals surface area contributed by atoms with Crippen molar-refractivity contribution in [2.24, 2.45) is 0 Å². The van der Waals surface area contributed by atoms with E-state index >= 15 is 0 Å². The first-order valence-electron chi connectivity index (χ1n) is 6.48. The van der Waals surface area contributed by atoms with Crippen molar-refractivity contribution in [1.29, 1.82) is 0 Å². The number of nitrogens with zero attached hydrogens (tertiary/aromatic N) is 1. The maximum Gasteiger partial charge on any atom is 0.303 e. The molecule has 0 bridgehead atoms. The zero-order chi connectivity index (χ0) is 14.3. The third-order valence-electron chi connectivity index (χ3n) is 3.71. The zero-order valence-electron chi connectivity index (χ0n) is 11.1. The number of hydrogen-bond donors (Lipinski definition) is 1. The normalized spacial score (nSPS) is 20.6. The van der Waals surface area contributed by atoms with Crippen molar-refractivity contribution in [3.63, 3.8) is 0 Å². The predicted molar refractivity (Wildman–Crippen MR) is 70.5 cm³/mol. The van der Waals surface area contributed by atoms with Gasteiger partial charge in [0.05, 0.1) is 12.1 Å². The molecule has 1 amide bonds. The molecule has 0 radical (unpaired) electrons. The number of carboxylic acid groups (broad SMARTS) is 1. The van der Waals surface area contributed by atoms with E-state index in [9.17, 15) is 9.59 Å². The van der Waals surface area contributed by atoms with Crippen LogP contribution in [0.15, 0.2) is 12.1 Å². The van der Waals surface area contributed by atoms with E-state index in [1.54, 1.807) is 24.1 Å². The van der Waals surface area contributed by atoms with Crippen molar-refractivity contribution < 1.29 is 24.2 Å². The fourth-order valence-corrected chi connectivity index (χ4v) is 2.70. The molecule has 1 aromatic rings. The highest BCUT2D eigenvalue weighted by Crippen LogP contribution is 2.44. The van der Waals surface area contributed by atoms with Crippen LogP contribution in [0.2, 0.25) is 0 Å². The molecular weight excluding hydrogens is 262 g/mol. The predicted octanol–water partition coefficient (Wildman–Crippen LogP) is 1.38. The summed E-state index contributed by atoms with van der Waals surface area (Å²) in [5.41, 5.74) is 1.54. The van der Waals surface area contributed by atoms with E-state index in [0.29, 0.717) is 30.4 Å². The van der Waals surface area contributed by atoms with Gasteiger partial charge in [0.15, 0.2) is 11.5 Å². The molecule has 0 spiro atoms. The monoisotopic (exact) mass is 277 g/mol. The van der Waals surface area contributed by atoms with Crippen molar-refractivity contribution in [2.75, 3.05) is 25.2 Å². The number of aliphatic carboxylic acids is 1. The summed E-state index contributed by atoms with van der Waals surface area (Å²) in [6.45, 7) is 0.951. The van der Waals surface area contributed by atoms with E-state index in [0.717, 1.165) is 5.56 Å². The largest absolute Gasteiger partial charge is 0.486 e. The molecule has 0 saturated carbocycles. The van der Waals surface area contributed by atoms with Crippen molar-refractivity contribution in [3.05, 3.63) is 17.7 Å². The van der Waals surface area contributed by atoms with E-state index in [1.165, 1.54) is 0 Å². The first-order chi connectivity index (χ1) is 9.56. The van der Waals surface area contributed by atoms with Gasteiger partial charge in [-0.1, -0.05) is 0 Å². The molecule has 3 rings (SSSR count). The van der Waals surface area contributed by atoms with Gasteiger partial charge in [0.2, 0.25) is 5.91 Å². The minimum absolute atomic E-state index is 0.0633. The molecule has 1 N–H and O–H groups in total. The summed E-state index contributed by atoms with van der Waals surface area (Å²) < 4.78 is 11.0. The lowest BCUT2D eigenvalue weighted by Crippen LogP contribution is -2.34. The van der Waals surface area contributed by atoms with Gasteiger partial charge in [-0.15, -0.1) is 0 Å². The fourth-order valence-electron chi connectivity index (χ4n) is 2.70. The first-order valence-corrected chi connectivity index (χ1v) is 6.48. The Bertz CT molecular complexity index is 583. The van der Waals surface area contributed by atoms with Crippen molar-refractivity contribution in [3.8, 4) is 11.5 Å². The molecule has 1 unspecified atom stereocenters. The van der Waals surface area contributed by atoms with E-state index in [2.05, 4.69) is 0 Å². The van der Waals surface area contributed by atoms with Crippen LogP contribution in [0.25, 0.3) is 0 Å². The summed E-state index contributed by atoms with van der Waals surface area (Å²) in [7, 11) is 1.69. The number of ether oxygens (including phenoxy) is 2. The van der Waals surface area contributed by atoms with Gasteiger partial charge in [0, 0.05) is 25.5 Å². The standard InChI is InChI=1S/C14H15NO5/c1-15-10-7-12-11(19-2-3-20-12)6-9(10)8(4-13(15)16)5-14(17)18/h6-8H,2-5H2,1H3,(H,17,18). The molecular formula is C14H15NO5. The molecule has 1 aromatic carbocycles. The number of benzene rings is 1. The summed E-state index contributed by atoms with van der Waals surface area (Å²) in [5.74, 6) is -0.0885. The third-order valence-corrected chi connectivity index (χ3v) is 3.71. The smallest absolute Gasteiger partial charge is 0.303 e. The van der Waals surface area contributed by atoms with Gasteiger partial charge in [0.25, 0.3) is 0 Å². The van der Waals surface area contributed by atoms with E-state index in [4.69, 9.17) is 14.6 Å². The molecule has 0 aromatic heterocycles. The molecule has 0 fully saturated rings. The Hall–Kier alpha value is -2.24. The van der Waals surface area contributed by atoms with Crippen LogP contribution in [0.1, 0.15) is 24.3 Å². The number of anilines is 1. The highest BCUT2D eigenvalue weighted by atomic mass is 16.6. The Morgan fingerprint density at radius 1 is 1.35 bits per heavy atom. The lowest BCUT2D eigenvalue weighted by atomic mass is 9.87. The maximum absolute atomic E-state index is 12.0. The van der Waals surface area contributed by atoms with Crippen LogP contribution in [0.3, 0.4) is 0 Å². The molecule has 106 valence electrons. The molecule has 2 aliphatic heterocycles. The average molecular weight is 277 g/mol. The van der Waals surface area contributed by atoms with Crippen LogP contribution in [0.4, 0.5) is 5.69 Å². The van der Waals surface area contributed by atoms with Gasteiger partial charge in [0.1, 0.15) is 13.2 Å². The lowest BCUT2D eigenvalue weighted by molar-refractivity contribution is -0.137. The van der Waals surface area contributed by atoms with Gasteiger partial charge in [-0.3, -0.25) is 9.59 Å². The molecule has 2 heterocycles. The number of carbonyl (C=O) groups is 2. The molecule has 0 saturated heterocycles. The zero-order valence-corrected chi connectivity index (χ0v) is 11.1. The molecule has 2 aliphatic rings. The summed E-state index contributed by atoms with van der Waals surface area (Å²) in [6, 6.07) is 3.57. The number of carboxylic acids is 1. The second kappa shape index (κ2) is 4.70. The topological polar surface area (TPSA) is 76.1 Å². The number of hydrogen-bond acceptors (Lipinski definition) is 4. The van der Waals surface area contributed by atoms with E-state index in [1.807, 2.05) is 0 Å². The van der Waals surface area contributed by atoms with Crippen LogP contribution >= 0.6 is 0 Å². The summed E-state index contributed by atoms with van der Waals surface area (Å²) >= 11 is 0. The molecule has 0 aliphatic carbocycles. The number of rotatable bonds is 2. The quantitative estimate of drug-likeness (QED) is 0.883. The SMILES string of the molecule is CN1C(=O)CC(CC(=O)O)c2cc3c(cc21)OCCO3. The highest BCUT2D eigenvalue weighted by molar-refractivity contribution is 5.97. The van der Waals surface area contributed by atoms with Crippen LogP contribution in [0.5, 0.6) is 11.5 Å². The van der Waals surface area contributed by atoms with Crippen molar-refractivity contribution >= 4 is 17.6 Å². The molecule has 6 nitrogen and oxygen atoms in total. The van der Waals surface area contributed by atoms with Crippen molar-refractivity contribution in [1.82, 2.24) is 0 Å². The first kappa shape index (κ1) is 12.8. The van der Waals surface area contributed by atoms with Gasteiger partial charge in [-0.05, 0) is 11.6 Å². The second-order valence-electron chi connectivity index (χ2n) is 5.01. The minimum atomic E-state index is -0.909. The third kappa shape index (κ3) is 2.07. The van der Waals surface area contributed by atoms with Crippen LogP contribution in [-0.2, 0) is 9.59 Å². The van der Waals surface area contributed by atoms with Gasteiger partial charge < -0.3 is 19.5 Å². The molecule has 20 heavy (non-hydrogen) atoms. The van der Waals surface area contributed by atoms with E-state index < -0.39 is 5.97 Å². The Kier molecular flexibility index (Phi) is 3.00. The van der Waals surface area contributed by atoms with Gasteiger partial charge >= 0.3 is 5.97 Å². The van der Waals surface area contributed by atoms with Crippen LogP contribution in [-0.4, -0.2) is 37.2 Å². The van der Waals surface area contributed by atoms with Crippen LogP contribution in [0, 0.1) is 0 Å². The molecule has 1 atom stereocenters. The minimum Gasteiger partial charge on any atom is -0.486 e. The van der Waals surface area contributed by atoms with Gasteiger partial charge in [-0.25, -0.2) is 0 Å². The second-order valence-corrected chi connectivity index (χ2v) is 5.01. The fraction of sp³-hybridized carbons (Fsp3) is 0.429. The Balaban J connectivity index is 2.07. The maximum atomic E-state index is 12.0. The Labute approximate surface area is 115 Å². The molecule has 6 heteroatoms. The lowest BCUT2D eigenvalue weighted by Gasteiger charge is -2.32. The van der Waals surface area contributed by atoms with E-state index in [-0.39, 0.29) is 24.7 Å². The number of amides is 1. The highest BCUT2D eigenvalue weighted by Gasteiger charge is 2.32. The summed E-state index contributed by atoms with van der Waals surface area (Å²) in [4.78, 5) is 24.5. The summed E-state index contributed by atoms with van der Waals surface area (Å²) in [6.07, 6.45) is 0.141. The van der Waals surface area contributed by atoms with Crippen LogP contribution < -0.4 is 14.4 Å².